The minimum absolute atomic E-state index is 0.0198. The fourth-order valence-corrected chi connectivity index (χ4v) is 2.30. The van der Waals surface area contributed by atoms with E-state index in [9.17, 15) is 4.79 Å². The summed E-state index contributed by atoms with van der Waals surface area (Å²) in [6.07, 6.45) is 2.02. The summed E-state index contributed by atoms with van der Waals surface area (Å²) in [5.41, 5.74) is 0.862. The van der Waals surface area contributed by atoms with Gasteiger partial charge in [0.2, 0.25) is 5.91 Å². The third kappa shape index (κ3) is 3.65. The van der Waals surface area contributed by atoms with Gasteiger partial charge in [-0.1, -0.05) is 12.1 Å². The molecule has 0 spiro atoms. The van der Waals surface area contributed by atoms with Gasteiger partial charge in [-0.3, -0.25) is 4.79 Å². The predicted octanol–water partition coefficient (Wildman–Crippen LogP) is 3.56. The van der Waals surface area contributed by atoms with Gasteiger partial charge in [-0.25, -0.2) is 0 Å². The zero-order valence-corrected chi connectivity index (χ0v) is 12.0. The van der Waals surface area contributed by atoms with Gasteiger partial charge in [0.05, 0.1) is 0 Å². The Morgan fingerprint density at radius 2 is 1.82 bits per heavy atom. The number of hydrogen-bond donors (Lipinski definition) is 0. The second kappa shape index (κ2) is 6.92. The van der Waals surface area contributed by atoms with Gasteiger partial charge >= 0.3 is 0 Å². The van der Waals surface area contributed by atoms with E-state index >= 15 is 0 Å². The molecule has 4 heteroatoms. The molecule has 0 saturated carbocycles. The second-order valence-electron chi connectivity index (χ2n) is 3.65. The van der Waals surface area contributed by atoms with E-state index in [1.54, 1.807) is 16.7 Å². The fourth-order valence-electron chi connectivity index (χ4n) is 1.61. The Kier molecular flexibility index (Phi) is 5.86. The Morgan fingerprint density at radius 3 is 2.24 bits per heavy atom. The van der Waals surface area contributed by atoms with Crippen LogP contribution in [-0.2, 0) is 4.79 Å². The molecule has 0 N–H and O–H groups in total. The quantitative estimate of drug-likeness (QED) is 0.603. The molecule has 1 amide bonds. The van der Waals surface area contributed by atoms with E-state index in [2.05, 4.69) is 0 Å². The standard InChI is InChI=1S/C13H18ClNOS/c1-4-15(5-2)13(16)12(14)10-6-8-11(17-3)9-7-10/h6-9,12H,4-5H2,1-3H3. The minimum atomic E-state index is -0.578. The van der Waals surface area contributed by atoms with E-state index in [-0.39, 0.29) is 5.91 Å². The SMILES string of the molecule is CCN(CC)C(=O)C(Cl)c1ccc(SC)cc1. The average molecular weight is 272 g/mol. The van der Waals surface area contributed by atoms with Gasteiger partial charge in [-0.2, -0.15) is 0 Å². The Labute approximate surface area is 112 Å². The summed E-state index contributed by atoms with van der Waals surface area (Å²) in [5, 5.41) is -0.578. The van der Waals surface area contributed by atoms with Crippen LogP contribution in [0.15, 0.2) is 29.2 Å². The monoisotopic (exact) mass is 271 g/mol. The van der Waals surface area contributed by atoms with E-state index in [0.717, 1.165) is 5.56 Å². The number of alkyl halides is 1. The van der Waals surface area contributed by atoms with Crippen LogP contribution in [0.3, 0.4) is 0 Å². The first-order valence-corrected chi connectivity index (χ1v) is 7.36. The van der Waals surface area contributed by atoms with E-state index in [1.165, 1.54) is 4.90 Å². The summed E-state index contributed by atoms with van der Waals surface area (Å²) in [5.74, 6) is -0.0198. The van der Waals surface area contributed by atoms with E-state index in [0.29, 0.717) is 13.1 Å². The van der Waals surface area contributed by atoms with Crippen LogP contribution < -0.4 is 0 Å². The van der Waals surface area contributed by atoms with Crippen molar-refractivity contribution in [3.05, 3.63) is 29.8 Å². The molecule has 1 unspecified atom stereocenters. The Bertz CT molecular complexity index is 362. The van der Waals surface area contributed by atoms with Crippen molar-refractivity contribution in [2.45, 2.75) is 24.1 Å². The molecule has 94 valence electrons. The number of likely N-dealkylation sites (N-methyl/N-ethyl adjacent to an activating group) is 1. The highest BCUT2D eigenvalue weighted by atomic mass is 35.5. The normalized spacial score (nSPS) is 12.2. The number of carbonyl (C=O) groups excluding carboxylic acids is 1. The lowest BCUT2D eigenvalue weighted by Gasteiger charge is -2.21. The van der Waals surface area contributed by atoms with Crippen molar-refractivity contribution in [3.8, 4) is 0 Å². The van der Waals surface area contributed by atoms with E-state index < -0.39 is 5.38 Å². The topological polar surface area (TPSA) is 20.3 Å². The van der Waals surface area contributed by atoms with Crippen LogP contribution in [0.2, 0.25) is 0 Å². The summed E-state index contributed by atoms with van der Waals surface area (Å²) in [7, 11) is 0. The molecular formula is C13H18ClNOS. The maximum absolute atomic E-state index is 12.0. The number of halogens is 1. The number of nitrogens with zero attached hydrogens (tertiary/aromatic N) is 1. The van der Waals surface area contributed by atoms with Gasteiger partial charge in [0.1, 0.15) is 5.38 Å². The van der Waals surface area contributed by atoms with Crippen molar-refractivity contribution in [2.24, 2.45) is 0 Å². The zero-order chi connectivity index (χ0) is 12.8. The van der Waals surface area contributed by atoms with Crippen LogP contribution in [0.4, 0.5) is 0 Å². The minimum Gasteiger partial charge on any atom is -0.342 e. The molecule has 0 radical (unpaired) electrons. The highest BCUT2D eigenvalue weighted by Crippen LogP contribution is 2.25. The molecule has 1 atom stereocenters. The highest BCUT2D eigenvalue weighted by molar-refractivity contribution is 7.98. The van der Waals surface area contributed by atoms with Gasteiger partial charge < -0.3 is 4.90 Å². The molecule has 0 saturated heterocycles. The number of carbonyl (C=O) groups is 1. The van der Waals surface area contributed by atoms with E-state index in [1.807, 2.05) is 44.4 Å². The summed E-state index contributed by atoms with van der Waals surface area (Å²) in [6, 6.07) is 7.82. The second-order valence-corrected chi connectivity index (χ2v) is 4.96. The molecule has 0 aliphatic heterocycles. The van der Waals surface area contributed by atoms with Crippen molar-refractivity contribution in [1.82, 2.24) is 4.90 Å². The lowest BCUT2D eigenvalue weighted by atomic mass is 10.1. The van der Waals surface area contributed by atoms with Crippen LogP contribution in [-0.4, -0.2) is 30.2 Å². The van der Waals surface area contributed by atoms with Crippen LogP contribution in [0, 0.1) is 0 Å². The lowest BCUT2D eigenvalue weighted by molar-refractivity contribution is -0.130. The number of benzene rings is 1. The Morgan fingerprint density at radius 1 is 1.29 bits per heavy atom. The first kappa shape index (κ1) is 14.4. The largest absolute Gasteiger partial charge is 0.342 e. The molecule has 0 fully saturated rings. The highest BCUT2D eigenvalue weighted by Gasteiger charge is 2.21. The van der Waals surface area contributed by atoms with Gasteiger partial charge in [0.15, 0.2) is 0 Å². The Hall–Kier alpha value is -0.670. The van der Waals surface area contributed by atoms with Gasteiger partial charge in [0.25, 0.3) is 0 Å². The van der Waals surface area contributed by atoms with Crippen molar-refractivity contribution in [2.75, 3.05) is 19.3 Å². The van der Waals surface area contributed by atoms with Crippen molar-refractivity contribution >= 4 is 29.3 Å². The average Bonchev–Trinajstić information content (AvgIpc) is 2.39. The molecule has 0 heterocycles. The van der Waals surface area contributed by atoms with Crippen molar-refractivity contribution in [3.63, 3.8) is 0 Å². The predicted molar refractivity (Wildman–Crippen MR) is 74.7 cm³/mol. The third-order valence-corrected chi connectivity index (χ3v) is 3.88. The molecule has 0 aliphatic carbocycles. The lowest BCUT2D eigenvalue weighted by Crippen LogP contribution is -2.33. The Balaban J connectivity index is 2.80. The molecule has 0 aliphatic rings. The zero-order valence-electron chi connectivity index (χ0n) is 10.4. The molecule has 1 aromatic rings. The van der Waals surface area contributed by atoms with Gasteiger partial charge in [-0.15, -0.1) is 23.4 Å². The molecule has 1 rings (SSSR count). The molecule has 1 aromatic carbocycles. The van der Waals surface area contributed by atoms with Gasteiger partial charge in [0, 0.05) is 18.0 Å². The van der Waals surface area contributed by atoms with Crippen LogP contribution in [0.25, 0.3) is 0 Å². The van der Waals surface area contributed by atoms with Crippen molar-refractivity contribution in [1.29, 1.82) is 0 Å². The molecular weight excluding hydrogens is 254 g/mol. The first-order valence-electron chi connectivity index (χ1n) is 5.70. The third-order valence-electron chi connectivity index (χ3n) is 2.70. The molecule has 17 heavy (non-hydrogen) atoms. The number of hydrogen-bond acceptors (Lipinski definition) is 2. The summed E-state index contributed by atoms with van der Waals surface area (Å²) in [6.45, 7) is 5.31. The number of amides is 1. The van der Waals surface area contributed by atoms with E-state index in [4.69, 9.17) is 11.6 Å². The van der Waals surface area contributed by atoms with Crippen molar-refractivity contribution < 1.29 is 4.79 Å². The van der Waals surface area contributed by atoms with Crippen LogP contribution >= 0.6 is 23.4 Å². The molecule has 0 bridgehead atoms. The summed E-state index contributed by atoms with van der Waals surface area (Å²) >= 11 is 7.88. The summed E-state index contributed by atoms with van der Waals surface area (Å²) in [4.78, 5) is 15.0. The number of thioether (sulfide) groups is 1. The van der Waals surface area contributed by atoms with Crippen LogP contribution in [0.1, 0.15) is 24.8 Å². The molecule has 2 nitrogen and oxygen atoms in total. The maximum atomic E-state index is 12.0. The summed E-state index contributed by atoms with van der Waals surface area (Å²) < 4.78 is 0. The van der Waals surface area contributed by atoms with Crippen LogP contribution in [0.5, 0.6) is 0 Å². The fraction of sp³-hybridized carbons (Fsp3) is 0.462. The van der Waals surface area contributed by atoms with Gasteiger partial charge in [-0.05, 0) is 37.8 Å². The smallest absolute Gasteiger partial charge is 0.245 e. The first-order chi connectivity index (χ1) is 8.13. The maximum Gasteiger partial charge on any atom is 0.245 e. The number of rotatable bonds is 5. The molecule has 0 aromatic heterocycles.